The molecule has 2 fully saturated rings. The molecule has 1 aliphatic carbocycles. The molecule has 2 rings (SSSR count). The summed E-state index contributed by atoms with van der Waals surface area (Å²) in [6, 6.07) is 0. The highest BCUT2D eigenvalue weighted by Crippen LogP contribution is 2.29. The average Bonchev–Trinajstić information content (AvgIpc) is 2.23. The summed E-state index contributed by atoms with van der Waals surface area (Å²) in [5.41, 5.74) is 0. The fourth-order valence-electron chi connectivity index (χ4n) is 2.45. The molecule has 0 aromatic carbocycles. The van der Waals surface area contributed by atoms with Crippen LogP contribution in [0.25, 0.3) is 0 Å². The van der Waals surface area contributed by atoms with Gasteiger partial charge in [0.15, 0.2) is 0 Å². The minimum absolute atomic E-state index is 0.377. The first-order valence-electron chi connectivity index (χ1n) is 6.26. The summed E-state index contributed by atoms with van der Waals surface area (Å²) >= 11 is 0. The van der Waals surface area contributed by atoms with E-state index in [0.717, 1.165) is 25.7 Å². The van der Waals surface area contributed by atoms with Crippen LogP contribution in [0.3, 0.4) is 0 Å². The molecule has 3 nitrogen and oxygen atoms in total. The van der Waals surface area contributed by atoms with Gasteiger partial charge < -0.3 is 14.8 Å². The first kappa shape index (κ1) is 11.4. The largest absolute Gasteiger partial charge is 0.376 e. The van der Waals surface area contributed by atoms with Gasteiger partial charge in [-0.15, -0.1) is 0 Å². The van der Waals surface area contributed by atoms with Crippen LogP contribution in [0.1, 0.15) is 32.1 Å². The number of ether oxygens (including phenoxy) is 2. The van der Waals surface area contributed by atoms with E-state index in [4.69, 9.17) is 9.47 Å². The van der Waals surface area contributed by atoms with E-state index in [1.54, 1.807) is 0 Å². The van der Waals surface area contributed by atoms with Crippen LogP contribution in [0.15, 0.2) is 0 Å². The van der Waals surface area contributed by atoms with E-state index < -0.39 is 0 Å². The topological polar surface area (TPSA) is 30.5 Å². The van der Waals surface area contributed by atoms with Crippen LogP contribution in [0.2, 0.25) is 0 Å². The van der Waals surface area contributed by atoms with E-state index in [0.29, 0.717) is 12.2 Å². The molecule has 1 saturated carbocycles. The van der Waals surface area contributed by atoms with Gasteiger partial charge in [-0.25, -0.2) is 0 Å². The SMILES string of the molecule is CNCC1CC(OCC2CCCCO2)C1. The van der Waals surface area contributed by atoms with E-state index in [1.165, 1.54) is 32.1 Å². The van der Waals surface area contributed by atoms with Crippen LogP contribution >= 0.6 is 0 Å². The average molecular weight is 213 g/mol. The van der Waals surface area contributed by atoms with Gasteiger partial charge in [0.05, 0.1) is 18.8 Å². The first-order valence-corrected chi connectivity index (χ1v) is 6.26. The maximum atomic E-state index is 5.84. The lowest BCUT2D eigenvalue weighted by Crippen LogP contribution is -2.38. The molecular formula is C12H23NO2. The molecular weight excluding hydrogens is 190 g/mol. The zero-order valence-electron chi connectivity index (χ0n) is 9.71. The van der Waals surface area contributed by atoms with Crippen molar-refractivity contribution in [2.45, 2.75) is 44.3 Å². The van der Waals surface area contributed by atoms with Gasteiger partial charge in [0.2, 0.25) is 0 Å². The molecule has 3 heteroatoms. The summed E-state index contributed by atoms with van der Waals surface area (Å²) < 4.78 is 11.5. The van der Waals surface area contributed by atoms with Crippen LogP contribution in [-0.2, 0) is 9.47 Å². The van der Waals surface area contributed by atoms with Crippen molar-refractivity contribution in [3.05, 3.63) is 0 Å². The summed E-state index contributed by atoms with van der Waals surface area (Å²) in [5, 5.41) is 3.22. The van der Waals surface area contributed by atoms with E-state index in [2.05, 4.69) is 5.32 Å². The molecule has 1 unspecified atom stereocenters. The van der Waals surface area contributed by atoms with Gasteiger partial charge in [-0.05, 0) is 51.6 Å². The molecule has 0 bridgehead atoms. The van der Waals surface area contributed by atoms with Crippen molar-refractivity contribution in [1.29, 1.82) is 0 Å². The van der Waals surface area contributed by atoms with Crippen LogP contribution in [0, 0.1) is 5.92 Å². The molecule has 1 aliphatic heterocycles. The quantitative estimate of drug-likeness (QED) is 0.752. The number of nitrogens with one attached hydrogen (secondary N) is 1. The van der Waals surface area contributed by atoms with E-state index in [-0.39, 0.29) is 0 Å². The minimum Gasteiger partial charge on any atom is -0.376 e. The molecule has 0 aromatic rings. The Morgan fingerprint density at radius 3 is 2.87 bits per heavy atom. The third-order valence-corrected chi connectivity index (χ3v) is 3.48. The Morgan fingerprint density at radius 1 is 1.33 bits per heavy atom. The Bertz CT molecular complexity index is 174. The third-order valence-electron chi connectivity index (χ3n) is 3.48. The third kappa shape index (κ3) is 3.44. The Labute approximate surface area is 92.5 Å². The first-order chi connectivity index (χ1) is 7.38. The van der Waals surface area contributed by atoms with Crippen LogP contribution in [0.5, 0.6) is 0 Å². The zero-order chi connectivity index (χ0) is 10.5. The highest BCUT2D eigenvalue weighted by atomic mass is 16.5. The van der Waals surface area contributed by atoms with E-state index >= 15 is 0 Å². The van der Waals surface area contributed by atoms with Crippen molar-refractivity contribution < 1.29 is 9.47 Å². The molecule has 0 spiro atoms. The van der Waals surface area contributed by atoms with Gasteiger partial charge in [-0.2, -0.15) is 0 Å². The van der Waals surface area contributed by atoms with Crippen LogP contribution in [-0.4, -0.2) is 39.0 Å². The normalized spacial score (nSPS) is 36.2. The Hall–Kier alpha value is -0.120. The van der Waals surface area contributed by atoms with Crippen molar-refractivity contribution in [2.24, 2.45) is 5.92 Å². The fourth-order valence-corrected chi connectivity index (χ4v) is 2.45. The van der Waals surface area contributed by atoms with Crippen molar-refractivity contribution >= 4 is 0 Å². The fraction of sp³-hybridized carbons (Fsp3) is 1.00. The smallest absolute Gasteiger partial charge is 0.0808 e. The van der Waals surface area contributed by atoms with Gasteiger partial charge in [-0.3, -0.25) is 0 Å². The lowest BCUT2D eigenvalue weighted by molar-refractivity contribution is -0.0934. The van der Waals surface area contributed by atoms with Crippen molar-refractivity contribution in [2.75, 3.05) is 26.8 Å². The molecule has 1 N–H and O–H groups in total. The number of hydrogen-bond donors (Lipinski definition) is 1. The van der Waals surface area contributed by atoms with Crippen molar-refractivity contribution in [3.8, 4) is 0 Å². The van der Waals surface area contributed by atoms with Crippen LogP contribution in [0.4, 0.5) is 0 Å². The molecule has 2 aliphatic rings. The lowest BCUT2D eigenvalue weighted by atomic mass is 9.82. The van der Waals surface area contributed by atoms with Gasteiger partial charge in [0, 0.05) is 6.61 Å². The maximum Gasteiger partial charge on any atom is 0.0808 e. The number of hydrogen-bond acceptors (Lipinski definition) is 3. The summed E-state index contributed by atoms with van der Waals surface area (Å²) in [5.74, 6) is 0.840. The molecule has 0 radical (unpaired) electrons. The predicted molar refractivity (Wildman–Crippen MR) is 60.0 cm³/mol. The summed E-state index contributed by atoms with van der Waals surface area (Å²) in [6.07, 6.45) is 7.06. The zero-order valence-corrected chi connectivity index (χ0v) is 9.71. The van der Waals surface area contributed by atoms with Gasteiger partial charge in [0.25, 0.3) is 0 Å². The van der Waals surface area contributed by atoms with Crippen molar-refractivity contribution in [1.82, 2.24) is 5.32 Å². The molecule has 0 aromatic heterocycles. The Kier molecular flexibility index (Phi) is 4.42. The van der Waals surface area contributed by atoms with Gasteiger partial charge >= 0.3 is 0 Å². The van der Waals surface area contributed by atoms with E-state index in [1.807, 2.05) is 7.05 Å². The minimum atomic E-state index is 0.377. The van der Waals surface area contributed by atoms with Gasteiger partial charge in [0.1, 0.15) is 0 Å². The van der Waals surface area contributed by atoms with Gasteiger partial charge in [-0.1, -0.05) is 0 Å². The molecule has 1 heterocycles. The molecule has 88 valence electrons. The van der Waals surface area contributed by atoms with Crippen molar-refractivity contribution in [3.63, 3.8) is 0 Å². The molecule has 1 saturated heterocycles. The molecule has 15 heavy (non-hydrogen) atoms. The second-order valence-corrected chi connectivity index (χ2v) is 4.84. The highest BCUT2D eigenvalue weighted by Gasteiger charge is 2.29. The Morgan fingerprint density at radius 2 is 2.20 bits per heavy atom. The Balaban J connectivity index is 1.52. The summed E-state index contributed by atoms with van der Waals surface area (Å²) in [4.78, 5) is 0. The standard InChI is InChI=1S/C12H23NO2/c1-13-8-10-6-12(7-10)15-9-11-4-2-3-5-14-11/h10-13H,2-9H2,1H3. The second kappa shape index (κ2) is 5.83. The second-order valence-electron chi connectivity index (χ2n) is 4.84. The summed E-state index contributed by atoms with van der Waals surface area (Å²) in [6.45, 7) is 2.89. The maximum absolute atomic E-state index is 5.84. The molecule has 0 amide bonds. The predicted octanol–water partition coefficient (Wildman–Crippen LogP) is 1.57. The van der Waals surface area contributed by atoms with Crippen LogP contribution < -0.4 is 5.32 Å². The monoisotopic (exact) mass is 213 g/mol. The lowest BCUT2D eigenvalue weighted by Gasteiger charge is -2.36. The number of rotatable bonds is 5. The highest BCUT2D eigenvalue weighted by molar-refractivity contribution is 4.81. The summed E-state index contributed by atoms with van der Waals surface area (Å²) in [7, 11) is 2.02. The molecule has 1 atom stereocenters. The van der Waals surface area contributed by atoms with E-state index in [9.17, 15) is 0 Å².